The van der Waals surface area contributed by atoms with Crippen LogP contribution in [0.3, 0.4) is 0 Å². The van der Waals surface area contributed by atoms with Gasteiger partial charge in [-0.1, -0.05) is 27.2 Å². The van der Waals surface area contributed by atoms with Gasteiger partial charge in [0.2, 0.25) is 5.91 Å². The Morgan fingerprint density at radius 2 is 2.00 bits per heavy atom. The molecule has 0 aromatic carbocycles. The van der Waals surface area contributed by atoms with Gasteiger partial charge >= 0.3 is 0 Å². The summed E-state index contributed by atoms with van der Waals surface area (Å²) in [7, 11) is 0. The zero-order valence-electron chi connectivity index (χ0n) is 10.9. The van der Waals surface area contributed by atoms with Crippen LogP contribution in [0, 0.1) is 34.5 Å². The van der Waals surface area contributed by atoms with Gasteiger partial charge in [-0.15, -0.1) is 0 Å². The van der Waals surface area contributed by atoms with E-state index in [4.69, 9.17) is 10.5 Å². The number of amides is 1. The van der Waals surface area contributed by atoms with E-state index in [1.807, 2.05) is 26.8 Å². The molecule has 17 heavy (non-hydrogen) atoms. The lowest BCUT2D eigenvalue weighted by atomic mass is 10.0. The van der Waals surface area contributed by atoms with Gasteiger partial charge in [-0.3, -0.25) is 4.79 Å². The third-order valence-corrected chi connectivity index (χ3v) is 2.42. The van der Waals surface area contributed by atoms with E-state index in [1.165, 1.54) is 0 Å². The molecular weight excluding hydrogens is 214 g/mol. The van der Waals surface area contributed by atoms with Crippen LogP contribution in [0.5, 0.6) is 0 Å². The summed E-state index contributed by atoms with van der Waals surface area (Å²) in [6, 6.07) is 4.10. The van der Waals surface area contributed by atoms with Gasteiger partial charge in [0.05, 0.1) is 18.6 Å². The lowest BCUT2D eigenvalue weighted by Crippen LogP contribution is -2.38. The first kappa shape index (κ1) is 15.4. The summed E-state index contributed by atoms with van der Waals surface area (Å²) < 4.78 is 0. The quantitative estimate of drug-likeness (QED) is 0.680. The van der Waals surface area contributed by atoms with Gasteiger partial charge in [0, 0.05) is 13.1 Å². The van der Waals surface area contributed by atoms with Crippen molar-refractivity contribution >= 4 is 5.91 Å². The van der Waals surface area contributed by atoms with Crippen molar-refractivity contribution in [1.82, 2.24) is 4.90 Å². The van der Waals surface area contributed by atoms with E-state index in [2.05, 4.69) is 6.07 Å². The molecule has 4 heteroatoms. The minimum atomic E-state index is -0.558. The molecule has 0 rings (SSSR count). The fraction of sp³-hybridized carbons (Fsp3) is 0.769. The standard InChI is InChI=1S/C13H21N3O/c1-4-6-12(9-15)13(17)16(8-5-7-14)10-11(2)3/h11-12H,4-6,8,10H2,1-3H3. The van der Waals surface area contributed by atoms with E-state index in [0.29, 0.717) is 31.8 Å². The highest BCUT2D eigenvalue weighted by Gasteiger charge is 2.23. The second-order valence-electron chi connectivity index (χ2n) is 4.56. The molecule has 0 aliphatic carbocycles. The molecule has 0 aliphatic rings. The molecule has 1 amide bonds. The van der Waals surface area contributed by atoms with Crippen LogP contribution in [0.2, 0.25) is 0 Å². The molecule has 0 bridgehead atoms. The van der Waals surface area contributed by atoms with Gasteiger partial charge in [-0.2, -0.15) is 10.5 Å². The second kappa shape index (κ2) is 8.58. The Hall–Kier alpha value is -1.55. The number of nitriles is 2. The van der Waals surface area contributed by atoms with E-state index >= 15 is 0 Å². The summed E-state index contributed by atoms with van der Waals surface area (Å²) in [5.41, 5.74) is 0. The summed E-state index contributed by atoms with van der Waals surface area (Å²) in [5.74, 6) is -0.339. The van der Waals surface area contributed by atoms with Crippen molar-refractivity contribution in [2.24, 2.45) is 11.8 Å². The Labute approximate surface area is 104 Å². The van der Waals surface area contributed by atoms with Crippen molar-refractivity contribution in [3.05, 3.63) is 0 Å². The molecule has 1 unspecified atom stereocenters. The van der Waals surface area contributed by atoms with Crippen molar-refractivity contribution in [2.75, 3.05) is 13.1 Å². The molecule has 0 fully saturated rings. The highest BCUT2D eigenvalue weighted by Crippen LogP contribution is 2.12. The minimum absolute atomic E-state index is 0.127. The van der Waals surface area contributed by atoms with E-state index in [1.54, 1.807) is 4.90 Å². The molecule has 0 spiro atoms. The monoisotopic (exact) mass is 235 g/mol. The summed E-state index contributed by atoms with van der Waals surface area (Å²) >= 11 is 0. The Kier molecular flexibility index (Phi) is 7.80. The molecular formula is C13H21N3O. The van der Waals surface area contributed by atoms with E-state index in [9.17, 15) is 4.79 Å². The Morgan fingerprint density at radius 3 is 2.41 bits per heavy atom. The van der Waals surface area contributed by atoms with Gasteiger partial charge < -0.3 is 4.90 Å². The summed E-state index contributed by atoms with van der Waals surface area (Å²) in [6.07, 6.45) is 1.73. The zero-order chi connectivity index (χ0) is 13.3. The number of rotatable bonds is 7. The number of hydrogen-bond donors (Lipinski definition) is 0. The highest BCUT2D eigenvalue weighted by atomic mass is 16.2. The largest absolute Gasteiger partial charge is 0.340 e. The maximum atomic E-state index is 12.1. The lowest BCUT2D eigenvalue weighted by molar-refractivity contribution is -0.134. The summed E-state index contributed by atoms with van der Waals surface area (Å²) in [5, 5.41) is 17.6. The number of carbonyl (C=O) groups excluding carboxylic acids is 1. The topological polar surface area (TPSA) is 67.9 Å². The first-order chi connectivity index (χ1) is 8.06. The van der Waals surface area contributed by atoms with Gasteiger partial charge in [-0.25, -0.2) is 0 Å². The predicted molar refractivity (Wildman–Crippen MR) is 65.7 cm³/mol. The zero-order valence-corrected chi connectivity index (χ0v) is 10.9. The first-order valence-corrected chi connectivity index (χ1v) is 6.12. The first-order valence-electron chi connectivity index (χ1n) is 6.12. The molecule has 0 aromatic heterocycles. The van der Waals surface area contributed by atoms with Crippen LogP contribution in [0.4, 0.5) is 0 Å². The molecule has 1 atom stereocenters. The maximum Gasteiger partial charge on any atom is 0.239 e. The normalized spacial score (nSPS) is 11.6. The Balaban J connectivity index is 4.60. The van der Waals surface area contributed by atoms with Crippen LogP contribution in [0.1, 0.15) is 40.0 Å². The van der Waals surface area contributed by atoms with Crippen molar-refractivity contribution < 1.29 is 4.79 Å². The SMILES string of the molecule is CCCC(C#N)C(=O)N(CCC#N)CC(C)C. The van der Waals surface area contributed by atoms with Crippen LogP contribution in [0.15, 0.2) is 0 Å². The highest BCUT2D eigenvalue weighted by molar-refractivity contribution is 5.81. The number of hydrogen-bond acceptors (Lipinski definition) is 3. The van der Waals surface area contributed by atoms with Crippen LogP contribution < -0.4 is 0 Å². The average molecular weight is 235 g/mol. The van der Waals surface area contributed by atoms with Crippen LogP contribution in [0.25, 0.3) is 0 Å². The molecule has 0 aliphatic heterocycles. The van der Waals surface area contributed by atoms with Gasteiger partial charge in [0.1, 0.15) is 5.92 Å². The van der Waals surface area contributed by atoms with Crippen molar-refractivity contribution in [3.8, 4) is 12.1 Å². The van der Waals surface area contributed by atoms with Crippen molar-refractivity contribution in [1.29, 1.82) is 10.5 Å². The fourth-order valence-electron chi connectivity index (χ4n) is 1.67. The molecule has 4 nitrogen and oxygen atoms in total. The maximum absolute atomic E-state index is 12.1. The van der Waals surface area contributed by atoms with Gasteiger partial charge in [0.25, 0.3) is 0 Å². The number of carbonyl (C=O) groups is 1. The van der Waals surface area contributed by atoms with E-state index in [0.717, 1.165) is 6.42 Å². The van der Waals surface area contributed by atoms with E-state index < -0.39 is 5.92 Å². The average Bonchev–Trinajstić information content (AvgIpc) is 2.30. The molecule has 0 N–H and O–H groups in total. The van der Waals surface area contributed by atoms with Crippen molar-refractivity contribution in [2.45, 2.75) is 40.0 Å². The van der Waals surface area contributed by atoms with E-state index in [-0.39, 0.29) is 5.91 Å². The molecule has 0 aromatic rings. The van der Waals surface area contributed by atoms with Gasteiger partial charge in [-0.05, 0) is 12.3 Å². The minimum Gasteiger partial charge on any atom is -0.340 e. The number of nitrogens with zero attached hydrogens (tertiary/aromatic N) is 3. The third-order valence-electron chi connectivity index (χ3n) is 2.42. The molecule has 0 saturated carbocycles. The molecule has 0 heterocycles. The molecule has 94 valence electrons. The Morgan fingerprint density at radius 1 is 1.35 bits per heavy atom. The molecule has 0 radical (unpaired) electrons. The summed E-state index contributed by atoms with van der Waals surface area (Å²) in [4.78, 5) is 13.7. The van der Waals surface area contributed by atoms with Crippen molar-refractivity contribution in [3.63, 3.8) is 0 Å². The summed E-state index contributed by atoms with van der Waals surface area (Å²) in [6.45, 7) is 7.04. The second-order valence-corrected chi connectivity index (χ2v) is 4.56. The Bertz CT molecular complexity index is 312. The smallest absolute Gasteiger partial charge is 0.239 e. The van der Waals surface area contributed by atoms with Crippen LogP contribution >= 0.6 is 0 Å². The van der Waals surface area contributed by atoms with Gasteiger partial charge in [0.15, 0.2) is 0 Å². The van der Waals surface area contributed by atoms with Crippen LogP contribution in [-0.2, 0) is 4.79 Å². The lowest BCUT2D eigenvalue weighted by Gasteiger charge is -2.25. The third kappa shape index (κ3) is 5.92. The predicted octanol–water partition coefficient (Wildman–Crippen LogP) is 2.32. The molecule has 0 saturated heterocycles. The fourth-order valence-corrected chi connectivity index (χ4v) is 1.67. The van der Waals surface area contributed by atoms with Crippen LogP contribution in [-0.4, -0.2) is 23.9 Å².